The van der Waals surface area contributed by atoms with E-state index in [1.165, 1.54) is 7.11 Å². The summed E-state index contributed by atoms with van der Waals surface area (Å²) in [6.07, 6.45) is 1.67. The van der Waals surface area contributed by atoms with Crippen LogP contribution in [0, 0.1) is 0 Å². The zero-order valence-electron chi connectivity index (χ0n) is 12.8. The van der Waals surface area contributed by atoms with E-state index in [0.29, 0.717) is 28.2 Å². The van der Waals surface area contributed by atoms with Crippen LogP contribution in [0.5, 0.6) is 0 Å². The molecule has 0 saturated carbocycles. The highest BCUT2D eigenvalue weighted by Crippen LogP contribution is 2.29. The maximum absolute atomic E-state index is 12.3. The number of rotatable bonds is 4. The summed E-state index contributed by atoms with van der Waals surface area (Å²) in [5.74, 6) is -0.721. The number of H-pyrrole nitrogens is 1. The second kappa shape index (κ2) is 6.72. The van der Waals surface area contributed by atoms with E-state index in [0.717, 1.165) is 5.69 Å². The number of nitrogens with one attached hydrogen (secondary N) is 2. The number of nitrogens with zero attached hydrogens (tertiary/aromatic N) is 1. The lowest BCUT2D eigenvalue weighted by Crippen LogP contribution is -2.22. The van der Waals surface area contributed by atoms with E-state index in [1.807, 2.05) is 18.2 Å². The van der Waals surface area contributed by atoms with Crippen LogP contribution >= 0.6 is 11.6 Å². The van der Waals surface area contributed by atoms with Crippen molar-refractivity contribution in [3.63, 3.8) is 0 Å². The van der Waals surface area contributed by atoms with Crippen molar-refractivity contribution < 1.29 is 9.53 Å². The summed E-state index contributed by atoms with van der Waals surface area (Å²) in [5.41, 5.74) is 0.937. The summed E-state index contributed by atoms with van der Waals surface area (Å²) in [6.45, 7) is 0.343. The first-order valence-corrected chi connectivity index (χ1v) is 7.56. The number of halogens is 1. The Morgan fingerprint density at radius 3 is 2.83 bits per heavy atom. The van der Waals surface area contributed by atoms with E-state index < -0.39 is 11.5 Å². The molecule has 0 amide bonds. The number of carbonyl (C=O) groups is 1. The van der Waals surface area contributed by atoms with Crippen molar-refractivity contribution in [2.24, 2.45) is 0 Å². The number of pyridine rings is 2. The minimum absolute atomic E-state index is 0.0943. The number of methoxy groups -OCH3 is 1. The minimum atomic E-state index is -0.721. The van der Waals surface area contributed by atoms with Crippen molar-refractivity contribution in [1.82, 2.24) is 9.97 Å². The van der Waals surface area contributed by atoms with Gasteiger partial charge in [0.05, 0.1) is 35.6 Å². The molecule has 0 atom stereocenters. The SMILES string of the molecule is COC(=O)c1c(NCc2ccccn2)c2cccc(Cl)c2[nH]c1=O. The molecule has 0 aliphatic heterocycles. The van der Waals surface area contributed by atoms with Gasteiger partial charge in [0.1, 0.15) is 5.56 Å². The molecule has 7 heteroatoms. The molecule has 0 fully saturated rings. The van der Waals surface area contributed by atoms with E-state index in [-0.39, 0.29) is 5.56 Å². The van der Waals surface area contributed by atoms with Crippen LogP contribution in [-0.4, -0.2) is 23.0 Å². The zero-order valence-corrected chi connectivity index (χ0v) is 13.6. The van der Waals surface area contributed by atoms with Gasteiger partial charge in [0, 0.05) is 11.6 Å². The van der Waals surface area contributed by atoms with E-state index in [4.69, 9.17) is 16.3 Å². The molecule has 0 radical (unpaired) electrons. The number of aromatic amines is 1. The van der Waals surface area contributed by atoms with Crippen LogP contribution in [0.2, 0.25) is 5.02 Å². The second-order valence-corrected chi connectivity index (χ2v) is 5.44. The highest BCUT2D eigenvalue weighted by Gasteiger charge is 2.20. The molecular formula is C17H14ClN3O3. The van der Waals surface area contributed by atoms with Crippen molar-refractivity contribution in [2.45, 2.75) is 6.54 Å². The predicted molar refractivity (Wildman–Crippen MR) is 92.5 cm³/mol. The standard InChI is InChI=1S/C17H14ClN3O3/c1-24-17(23)13-15(20-9-10-5-2-3-8-19-10)11-6-4-7-12(18)14(11)21-16(13)22/h2-8H,9H2,1H3,(H2,20,21,22). The van der Waals surface area contributed by atoms with Crippen LogP contribution in [0.4, 0.5) is 5.69 Å². The average molecular weight is 344 g/mol. The number of anilines is 1. The molecule has 0 aliphatic rings. The van der Waals surface area contributed by atoms with Crippen LogP contribution in [0.3, 0.4) is 0 Å². The Bertz CT molecular complexity index is 954. The Labute approximate surface area is 142 Å². The summed E-state index contributed by atoms with van der Waals surface area (Å²) in [6, 6.07) is 10.7. The number of hydrogen-bond donors (Lipinski definition) is 2. The Morgan fingerprint density at radius 2 is 2.12 bits per heavy atom. The van der Waals surface area contributed by atoms with E-state index in [1.54, 1.807) is 24.4 Å². The maximum atomic E-state index is 12.3. The summed E-state index contributed by atoms with van der Waals surface area (Å²) < 4.78 is 4.74. The number of hydrogen-bond acceptors (Lipinski definition) is 5. The molecule has 0 bridgehead atoms. The lowest BCUT2D eigenvalue weighted by atomic mass is 10.1. The Kier molecular flexibility index (Phi) is 4.48. The minimum Gasteiger partial charge on any atom is -0.465 e. The average Bonchev–Trinajstić information content (AvgIpc) is 2.60. The van der Waals surface area contributed by atoms with Gasteiger partial charge in [-0.3, -0.25) is 9.78 Å². The summed E-state index contributed by atoms with van der Waals surface area (Å²) in [5, 5.41) is 4.13. The fraction of sp³-hybridized carbons (Fsp3) is 0.118. The Balaban J connectivity index is 2.16. The van der Waals surface area contributed by atoms with Crippen LogP contribution in [0.25, 0.3) is 10.9 Å². The van der Waals surface area contributed by atoms with Crippen LogP contribution < -0.4 is 10.9 Å². The van der Waals surface area contributed by atoms with Crippen LogP contribution in [0.1, 0.15) is 16.1 Å². The molecule has 2 aromatic heterocycles. The predicted octanol–water partition coefficient (Wildman–Crippen LogP) is 2.98. The first kappa shape index (κ1) is 16.0. The zero-order chi connectivity index (χ0) is 17.1. The third-order valence-electron chi connectivity index (χ3n) is 3.56. The summed E-state index contributed by atoms with van der Waals surface area (Å²) in [7, 11) is 1.23. The fourth-order valence-corrected chi connectivity index (χ4v) is 2.67. The van der Waals surface area contributed by atoms with Crippen molar-refractivity contribution in [3.05, 3.63) is 69.2 Å². The van der Waals surface area contributed by atoms with Gasteiger partial charge >= 0.3 is 5.97 Å². The molecule has 6 nitrogen and oxygen atoms in total. The first-order valence-electron chi connectivity index (χ1n) is 7.18. The third-order valence-corrected chi connectivity index (χ3v) is 3.88. The number of carbonyl (C=O) groups excluding carboxylic acids is 1. The maximum Gasteiger partial charge on any atom is 0.345 e. The largest absolute Gasteiger partial charge is 0.465 e. The third kappa shape index (κ3) is 2.96. The van der Waals surface area contributed by atoms with E-state index >= 15 is 0 Å². The number of ether oxygens (including phenoxy) is 1. The smallest absolute Gasteiger partial charge is 0.345 e. The Hall–Kier alpha value is -2.86. The first-order chi connectivity index (χ1) is 11.6. The van der Waals surface area contributed by atoms with Gasteiger partial charge in [-0.2, -0.15) is 0 Å². The van der Waals surface area contributed by atoms with Crippen LogP contribution in [-0.2, 0) is 11.3 Å². The molecule has 122 valence electrons. The van der Waals surface area contributed by atoms with Gasteiger partial charge in [-0.1, -0.05) is 29.8 Å². The number of aromatic nitrogens is 2. The normalized spacial score (nSPS) is 10.6. The molecular weight excluding hydrogens is 330 g/mol. The monoisotopic (exact) mass is 343 g/mol. The molecule has 24 heavy (non-hydrogen) atoms. The van der Waals surface area contributed by atoms with Gasteiger partial charge in [-0.05, 0) is 18.2 Å². The van der Waals surface area contributed by atoms with Crippen LogP contribution in [0.15, 0.2) is 47.4 Å². The summed E-state index contributed by atoms with van der Waals surface area (Å²) in [4.78, 5) is 31.3. The molecule has 0 unspecified atom stereocenters. The number of fused-ring (bicyclic) bond motifs is 1. The molecule has 0 aliphatic carbocycles. The fourth-order valence-electron chi connectivity index (χ4n) is 2.45. The summed E-state index contributed by atoms with van der Waals surface area (Å²) >= 11 is 6.16. The van der Waals surface area contributed by atoms with Gasteiger partial charge in [0.2, 0.25) is 0 Å². The van der Waals surface area contributed by atoms with Gasteiger partial charge in [-0.15, -0.1) is 0 Å². The van der Waals surface area contributed by atoms with Gasteiger partial charge in [0.25, 0.3) is 5.56 Å². The molecule has 3 rings (SSSR count). The molecule has 1 aromatic carbocycles. The van der Waals surface area contributed by atoms with E-state index in [9.17, 15) is 9.59 Å². The van der Waals surface area contributed by atoms with Gasteiger partial charge in [-0.25, -0.2) is 4.79 Å². The van der Waals surface area contributed by atoms with Gasteiger partial charge in [0.15, 0.2) is 0 Å². The number of para-hydroxylation sites is 1. The molecule has 0 spiro atoms. The van der Waals surface area contributed by atoms with Crippen molar-refractivity contribution >= 4 is 34.2 Å². The lowest BCUT2D eigenvalue weighted by molar-refractivity contribution is 0.0600. The van der Waals surface area contributed by atoms with Crippen molar-refractivity contribution in [3.8, 4) is 0 Å². The highest BCUT2D eigenvalue weighted by molar-refractivity contribution is 6.35. The van der Waals surface area contributed by atoms with Crippen molar-refractivity contribution in [1.29, 1.82) is 0 Å². The Morgan fingerprint density at radius 1 is 1.29 bits per heavy atom. The highest BCUT2D eigenvalue weighted by atomic mass is 35.5. The molecule has 0 saturated heterocycles. The topological polar surface area (TPSA) is 84.1 Å². The molecule has 2 N–H and O–H groups in total. The van der Waals surface area contributed by atoms with E-state index in [2.05, 4.69) is 15.3 Å². The molecule has 2 heterocycles. The number of esters is 1. The number of benzene rings is 1. The lowest BCUT2D eigenvalue weighted by Gasteiger charge is -2.13. The quantitative estimate of drug-likeness (QED) is 0.711. The second-order valence-electron chi connectivity index (χ2n) is 5.03. The van der Waals surface area contributed by atoms with Gasteiger partial charge < -0.3 is 15.0 Å². The molecule has 3 aromatic rings. The van der Waals surface area contributed by atoms with Crippen molar-refractivity contribution in [2.75, 3.05) is 12.4 Å².